The highest BCUT2D eigenvalue weighted by molar-refractivity contribution is 5.95. The summed E-state index contributed by atoms with van der Waals surface area (Å²) in [4.78, 5) is 23.6. The van der Waals surface area contributed by atoms with E-state index in [2.05, 4.69) is 5.32 Å². The quantitative estimate of drug-likeness (QED) is 0.671. The molecule has 1 aromatic rings. The van der Waals surface area contributed by atoms with Crippen LogP contribution in [-0.4, -0.2) is 18.0 Å². The Kier molecular flexibility index (Phi) is 5.25. The Morgan fingerprint density at radius 3 is 2.82 bits per heavy atom. The molecule has 118 valence electrons. The summed E-state index contributed by atoms with van der Waals surface area (Å²) in [6, 6.07) is 2.81. The summed E-state index contributed by atoms with van der Waals surface area (Å²) in [5, 5.41) is 2.26. The van der Waals surface area contributed by atoms with E-state index in [9.17, 15) is 18.4 Å². The van der Waals surface area contributed by atoms with Crippen molar-refractivity contribution in [1.29, 1.82) is 0 Å². The van der Waals surface area contributed by atoms with Crippen molar-refractivity contribution in [3.8, 4) is 0 Å². The van der Waals surface area contributed by atoms with Crippen LogP contribution in [0.4, 0.5) is 14.5 Å². The van der Waals surface area contributed by atoms with Gasteiger partial charge in [0.25, 0.3) is 5.91 Å². The molecule has 0 spiro atoms. The van der Waals surface area contributed by atoms with Crippen LogP contribution in [0.15, 0.2) is 30.4 Å². The summed E-state index contributed by atoms with van der Waals surface area (Å²) < 4.78 is 31.2. The van der Waals surface area contributed by atoms with Gasteiger partial charge in [-0.05, 0) is 37.8 Å². The van der Waals surface area contributed by atoms with E-state index >= 15 is 0 Å². The zero-order valence-corrected chi connectivity index (χ0v) is 12.1. The molecule has 1 aliphatic carbocycles. The van der Waals surface area contributed by atoms with Gasteiger partial charge in [-0.1, -0.05) is 12.2 Å². The van der Waals surface area contributed by atoms with E-state index in [1.165, 1.54) is 6.92 Å². The van der Waals surface area contributed by atoms with Gasteiger partial charge in [-0.25, -0.2) is 8.78 Å². The van der Waals surface area contributed by atoms with Gasteiger partial charge in [0.15, 0.2) is 6.10 Å². The van der Waals surface area contributed by atoms with Crippen LogP contribution in [0.3, 0.4) is 0 Å². The largest absolute Gasteiger partial charge is 0.453 e. The monoisotopic (exact) mass is 309 g/mol. The SMILES string of the molecule is C[C@@H](OC(=O)C[C@@H]1C=CCC1)C(=O)Nc1ccc(F)cc1F. The van der Waals surface area contributed by atoms with Gasteiger partial charge in [0.2, 0.25) is 0 Å². The van der Waals surface area contributed by atoms with Crippen molar-refractivity contribution in [2.45, 2.75) is 32.3 Å². The Balaban J connectivity index is 1.85. The number of esters is 1. The van der Waals surface area contributed by atoms with E-state index in [4.69, 9.17) is 4.74 Å². The third-order valence-corrected chi connectivity index (χ3v) is 3.41. The predicted molar refractivity (Wildman–Crippen MR) is 77.0 cm³/mol. The zero-order chi connectivity index (χ0) is 16.1. The van der Waals surface area contributed by atoms with Crippen molar-refractivity contribution < 1.29 is 23.1 Å². The summed E-state index contributed by atoms with van der Waals surface area (Å²) in [6.07, 6.45) is 4.97. The highest BCUT2D eigenvalue weighted by Crippen LogP contribution is 2.21. The molecule has 0 bridgehead atoms. The number of allylic oxidation sites excluding steroid dienone is 2. The molecule has 2 atom stereocenters. The fourth-order valence-electron chi connectivity index (χ4n) is 2.20. The first-order chi connectivity index (χ1) is 10.5. The van der Waals surface area contributed by atoms with Crippen molar-refractivity contribution in [1.82, 2.24) is 0 Å². The van der Waals surface area contributed by atoms with Crippen LogP contribution in [0, 0.1) is 17.6 Å². The van der Waals surface area contributed by atoms with E-state index in [0.717, 1.165) is 25.0 Å². The second-order valence-electron chi connectivity index (χ2n) is 5.22. The fraction of sp³-hybridized carbons (Fsp3) is 0.375. The maximum Gasteiger partial charge on any atom is 0.307 e. The van der Waals surface area contributed by atoms with Crippen LogP contribution < -0.4 is 5.32 Å². The molecular weight excluding hydrogens is 292 g/mol. The van der Waals surface area contributed by atoms with Crippen molar-refractivity contribution in [2.24, 2.45) is 5.92 Å². The molecule has 6 heteroatoms. The van der Waals surface area contributed by atoms with Crippen LogP contribution >= 0.6 is 0 Å². The standard InChI is InChI=1S/C16H17F2NO3/c1-10(22-15(20)8-11-4-2-3-5-11)16(21)19-14-7-6-12(17)9-13(14)18/h2,4,6-7,9-11H,3,5,8H2,1H3,(H,19,21)/t10-,11-/m1/s1. The number of rotatable bonds is 5. The van der Waals surface area contributed by atoms with E-state index in [1.54, 1.807) is 0 Å². The van der Waals surface area contributed by atoms with Crippen LogP contribution in [0.1, 0.15) is 26.2 Å². The molecule has 0 unspecified atom stereocenters. The maximum atomic E-state index is 13.4. The van der Waals surface area contributed by atoms with Crippen molar-refractivity contribution in [3.63, 3.8) is 0 Å². The fourth-order valence-corrected chi connectivity index (χ4v) is 2.20. The Morgan fingerprint density at radius 2 is 2.18 bits per heavy atom. The Labute approximate surface area is 127 Å². The number of halogens is 2. The number of carbonyl (C=O) groups is 2. The van der Waals surface area contributed by atoms with Gasteiger partial charge >= 0.3 is 5.97 Å². The molecule has 1 amide bonds. The number of carbonyl (C=O) groups excluding carboxylic acids is 2. The molecule has 0 aromatic heterocycles. The minimum absolute atomic E-state index is 0.150. The van der Waals surface area contributed by atoms with Crippen molar-refractivity contribution in [3.05, 3.63) is 42.0 Å². The van der Waals surface area contributed by atoms with Gasteiger partial charge in [0.1, 0.15) is 11.6 Å². The lowest BCUT2D eigenvalue weighted by atomic mass is 10.1. The summed E-state index contributed by atoms with van der Waals surface area (Å²) in [5.41, 5.74) is -0.159. The lowest BCUT2D eigenvalue weighted by Crippen LogP contribution is -2.30. The lowest BCUT2D eigenvalue weighted by Gasteiger charge is -2.15. The normalized spacial score (nSPS) is 18.0. The number of ether oxygens (including phenoxy) is 1. The predicted octanol–water partition coefficient (Wildman–Crippen LogP) is 3.19. The number of benzene rings is 1. The number of hydrogen-bond donors (Lipinski definition) is 1. The number of anilines is 1. The summed E-state index contributed by atoms with van der Waals surface area (Å²) in [5.74, 6) is -2.61. The highest BCUT2D eigenvalue weighted by atomic mass is 19.1. The zero-order valence-electron chi connectivity index (χ0n) is 12.1. The van der Waals surface area contributed by atoms with Crippen LogP contribution in [-0.2, 0) is 14.3 Å². The molecule has 0 saturated heterocycles. The average Bonchev–Trinajstić information content (AvgIpc) is 2.94. The van der Waals surface area contributed by atoms with Gasteiger partial charge in [-0.2, -0.15) is 0 Å². The molecule has 0 radical (unpaired) electrons. The Hall–Kier alpha value is -2.24. The van der Waals surface area contributed by atoms with Crippen molar-refractivity contribution in [2.75, 3.05) is 5.32 Å². The lowest BCUT2D eigenvalue weighted by molar-refractivity contribution is -0.153. The average molecular weight is 309 g/mol. The molecule has 1 aromatic carbocycles. The van der Waals surface area contributed by atoms with E-state index < -0.39 is 29.6 Å². The first-order valence-corrected chi connectivity index (χ1v) is 7.08. The topological polar surface area (TPSA) is 55.4 Å². The maximum absolute atomic E-state index is 13.4. The minimum Gasteiger partial charge on any atom is -0.453 e. The van der Waals surface area contributed by atoms with Gasteiger partial charge < -0.3 is 10.1 Å². The smallest absolute Gasteiger partial charge is 0.307 e. The first kappa shape index (κ1) is 16.1. The number of hydrogen-bond acceptors (Lipinski definition) is 3. The molecule has 0 heterocycles. The molecule has 0 aliphatic heterocycles. The van der Waals surface area contributed by atoms with E-state index in [0.29, 0.717) is 6.07 Å². The molecule has 1 N–H and O–H groups in total. The minimum atomic E-state index is -1.05. The first-order valence-electron chi connectivity index (χ1n) is 7.08. The van der Waals surface area contributed by atoms with Gasteiger partial charge in [0.05, 0.1) is 12.1 Å². The molecule has 0 saturated carbocycles. The second-order valence-corrected chi connectivity index (χ2v) is 5.22. The molecular formula is C16H17F2NO3. The number of amides is 1. The van der Waals surface area contributed by atoms with E-state index in [1.807, 2.05) is 12.2 Å². The van der Waals surface area contributed by atoms with E-state index in [-0.39, 0.29) is 18.0 Å². The number of nitrogens with one attached hydrogen (secondary N) is 1. The summed E-state index contributed by atoms with van der Waals surface area (Å²) in [7, 11) is 0. The van der Waals surface area contributed by atoms with Crippen LogP contribution in [0.5, 0.6) is 0 Å². The Morgan fingerprint density at radius 1 is 1.41 bits per heavy atom. The molecule has 0 fully saturated rings. The third kappa shape index (κ3) is 4.38. The highest BCUT2D eigenvalue weighted by Gasteiger charge is 2.21. The van der Waals surface area contributed by atoms with Gasteiger partial charge in [0, 0.05) is 6.07 Å². The van der Waals surface area contributed by atoms with Gasteiger partial charge in [-0.15, -0.1) is 0 Å². The van der Waals surface area contributed by atoms with Crippen molar-refractivity contribution >= 4 is 17.6 Å². The van der Waals surface area contributed by atoms with Crippen LogP contribution in [0.25, 0.3) is 0 Å². The summed E-state index contributed by atoms with van der Waals surface area (Å²) in [6.45, 7) is 1.40. The molecule has 22 heavy (non-hydrogen) atoms. The third-order valence-electron chi connectivity index (χ3n) is 3.41. The van der Waals surface area contributed by atoms with Gasteiger partial charge in [-0.3, -0.25) is 9.59 Å². The summed E-state index contributed by atoms with van der Waals surface area (Å²) >= 11 is 0. The Bertz CT molecular complexity index is 601. The second kappa shape index (κ2) is 7.15. The molecule has 4 nitrogen and oxygen atoms in total. The molecule has 1 aliphatic rings. The van der Waals surface area contributed by atoms with Crippen LogP contribution in [0.2, 0.25) is 0 Å². The molecule has 2 rings (SSSR count).